The summed E-state index contributed by atoms with van der Waals surface area (Å²) >= 11 is 0. The van der Waals surface area contributed by atoms with Gasteiger partial charge in [-0.25, -0.2) is 4.98 Å². The number of aromatic nitrogens is 1. The van der Waals surface area contributed by atoms with Gasteiger partial charge in [0.05, 0.1) is 17.9 Å². The quantitative estimate of drug-likeness (QED) is 0.508. The first-order valence-corrected chi connectivity index (χ1v) is 10.6. The normalized spacial score (nSPS) is 16.8. The number of likely N-dealkylation sites (tertiary alicyclic amines) is 1. The molecule has 0 bridgehead atoms. The molecule has 1 atom stereocenters. The van der Waals surface area contributed by atoms with Crippen LogP contribution in [0.1, 0.15) is 29.7 Å². The molecule has 1 N–H and O–H groups in total. The topological polar surface area (TPSA) is 75.8 Å². The summed E-state index contributed by atoms with van der Waals surface area (Å²) in [6, 6.07) is 11.9. The molecule has 1 aliphatic heterocycles. The van der Waals surface area contributed by atoms with Crippen molar-refractivity contribution in [2.75, 3.05) is 13.2 Å². The molecule has 2 heterocycles. The molecule has 33 heavy (non-hydrogen) atoms. The number of rotatable bonds is 8. The van der Waals surface area contributed by atoms with Gasteiger partial charge in [-0.15, -0.1) is 0 Å². The Balaban J connectivity index is 1.29. The molecule has 1 fully saturated rings. The van der Waals surface area contributed by atoms with Gasteiger partial charge in [0.15, 0.2) is 0 Å². The predicted octanol–water partition coefficient (Wildman–Crippen LogP) is 5.03. The minimum atomic E-state index is -4.43. The third-order valence-corrected chi connectivity index (χ3v) is 5.57. The zero-order chi connectivity index (χ0) is 23.4. The van der Waals surface area contributed by atoms with Crippen molar-refractivity contribution in [3.05, 3.63) is 71.6 Å². The molecule has 1 unspecified atom stereocenters. The molecule has 0 amide bonds. The number of hydrogen-bond donors (Lipinski definition) is 1. The number of halogens is 3. The smallest absolute Gasteiger partial charge is 0.416 e. The Morgan fingerprint density at radius 1 is 1.21 bits per heavy atom. The fourth-order valence-corrected chi connectivity index (χ4v) is 3.88. The number of aliphatic carboxylic acids is 1. The standard InChI is InChI=1S/C24H23F3N2O4/c25-24(26,27)18-4-1-3-17(13-18)22-28-19(15-33-22)10-12-32-20-8-6-16(7-9-20)14-29-11-2-5-21(29)23(30)31/h1,3-4,6-9,13,15,21H,2,5,10-12,14H2,(H,30,31). The highest BCUT2D eigenvalue weighted by Gasteiger charge is 2.31. The van der Waals surface area contributed by atoms with Crippen molar-refractivity contribution in [1.29, 1.82) is 0 Å². The third-order valence-electron chi connectivity index (χ3n) is 5.57. The number of ether oxygens (including phenoxy) is 1. The van der Waals surface area contributed by atoms with E-state index in [1.165, 1.54) is 18.4 Å². The molecule has 6 nitrogen and oxygen atoms in total. The van der Waals surface area contributed by atoms with Crippen LogP contribution in [0.3, 0.4) is 0 Å². The Morgan fingerprint density at radius 3 is 2.73 bits per heavy atom. The van der Waals surface area contributed by atoms with Crippen LogP contribution in [-0.2, 0) is 23.9 Å². The SMILES string of the molecule is O=C(O)C1CCCN1Cc1ccc(OCCc2coc(-c3cccc(C(F)(F)F)c3)n2)cc1. The van der Waals surface area contributed by atoms with Crippen LogP contribution in [0.2, 0.25) is 0 Å². The van der Waals surface area contributed by atoms with Gasteiger partial charge in [0.1, 0.15) is 18.1 Å². The molecule has 9 heteroatoms. The number of alkyl halides is 3. The van der Waals surface area contributed by atoms with Crippen LogP contribution in [0.4, 0.5) is 13.2 Å². The molecule has 1 saturated heterocycles. The first kappa shape index (κ1) is 22.8. The summed E-state index contributed by atoms with van der Waals surface area (Å²) in [5.74, 6) is 0.00936. The van der Waals surface area contributed by atoms with Crippen LogP contribution in [0.25, 0.3) is 11.5 Å². The summed E-state index contributed by atoms with van der Waals surface area (Å²) in [5.41, 5.74) is 1.09. The Kier molecular flexibility index (Phi) is 6.69. The molecule has 1 aliphatic rings. The van der Waals surface area contributed by atoms with Crippen molar-refractivity contribution in [2.24, 2.45) is 0 Å². The molecule has 0 saturated carbocycles. The number of hydrogen-bond acceptors (Lipinski definition) is 5. The van der Waals surface area contributed by atoms with Gasteiger partial charge >= 0.3 is 12.1 Å². The van der Waals surface area contributed by atoms with Gasteiger partial charge in [0, 0.05) is 18.5 Å². The van der Waals surface area contributed by atoms with Crippen LogP contribution in [0, 0.1) is 0 Å². The zero-order valence-corrected chi connectivity index (χ0v) is 17.7. The monoisotopic (exact) mass is 460 g/mol. The van der Waals surface area contributed by atoms with Gasteiger partial charge in [-0.05, 0) is 55.3 Å². The number of carbonyl (C=O) groups is 1. The van der Waals surface area contributed by atoms with Gasteiger partial charge in [-0.3, -0.25) is 9.69 Å². The fraction of sp³-hybridized carbons (Fsp3) is 0.333. The van der Waals surface area contributed by atoms with E-state index in [1.54, 1.807) is 0 Å². The predicted molar refractivity (Wildman–Crippen MR) is 114 cm³/mol. The molecule has 0 spiro atoms. The van der Waals surface area contributed by atoms with Crippen LogP contribution in [-0.4, -0.2) is 40.2 Å². The lowest BCUT2D eigenvalue weighted by Gasteiger charge is -2.21. The van der Waals surface area contributed by atoms with Crippen molar-refractivity contribution >= 4 is 5.97 Å². The lowest BCUT2D eigenvalue weighted by molar-refractivity contribution is -0.142. The Hall–Kier alpha value is -3.33. The number of carboxylic acids is 1. The van der Waals surface area contributed by atoms with Crippen molar-refractivity contribution < 1.29 is 32.2 Å². The van der Waals surface area contributed by atoms with Gasteiger partial charge < -0.3 is 14.3 Å². The maximum atomic E-state index is 12.9. The summed E-state index contributed by atoms with van der Waals surface area (Å²) in [4.78, 5) is 17.5. The maximum absolute atomic E-state index is 12.9. The summed E-state index contributed by atoms with van der Waals surface area (Å²) in [6.45, 7) is 1.67. The zero-order valence-electron chi connectivity index (χ0n) is 17.7. The highest BCUT2D eigenvalue weighted by atomic mass is 19.4. The molecule has 174 valence electrons. The first-order chi connectivity index (χ1) is 15.8. The van der Waals surface area contributed by atoms with Gasteiger partial charge in [0.25, 0.3) is 0 Å². The Labute approximate surface area is 188 Å². The lowest BCUT2D eigenvalue weighted by Crippen LogP contribution is -2.35. The lowest BCUT2D eigenvalue weighted by atomic mass is 10.1. The van der Waals surface area contributed by atoms with E-state index in [0.29, 0.717) is 37.4 Å². The van der Waals surface area contributed by atoms with Crippen molar-refractivity contribution in [3.8, 4) is 17.2 Å². The van der Waals surface area contributed by atoms with E-state index in [0.717, 1.165) is 30.7 Å². The number of nitrogens with zero attached hydrogens (tertiary/aromatic N) is 2. The van der Waals surface area contributed by atoms with Gasteiger partial charge in [-0.1, -0.05) is 18.2 Å². The van der Waals surface area contributed by atoms with Crippen LogP contribution in [0.5, 0.6) is 5.75 Å². The van der Waals surface area contributed by atoms with E-state index >= 15 is 0 Å². The molecular formula is C24H23F3N2O4. The summed E-state index contributed by atoms with van der Waals surface area (Å²) in [5, 5.41) is 9.29. The molecular weight excluding hydrogens is 437 g/mol. The second-order valence-electron chi connectivity index (χ2n) is 7.93. The average molecular weight is 460 g/mol. The number of carboxylic acid groups (broad SMARTS) is 1. The molecule has 0 aliphatic carbocycles. The Bertz CT molecular complexity index is 1100. The van der Waals surface area contributed by atoms with Crippen molar-refractivity contribution in [2.45, 2.75) is 38.0 Å². The van der Waals surface area contributed by atoms with E-state index in [4.69, 9.17) is 9.15 Å². The van der Waals surface area contributed by atoms with Crippen LogP contribution < -0.4 is 4.74 Å². The van der Waals surface area contributed by atoms with Crippen molar-refractivity contribution in [3.63, 3.8) is 0 Å². The molecule has 4 rings (SSSR count). The van der Waals surface area contributed by atoms with E-state index in [2.05, 4.69) is 4.98 Å². The largest absolute Gasteiger partial charge is 0.493 e. The molecule has 0 radical (unpaired) electrons. The van der Waals surface area contributed by atoms with Crippen LogP contribution in [0.15, 0.2) is 59.2 Å². The van der Waals surface area contributed by atoms with Gasteiger partial charge in [0.2, 0.25) is 5.89 Å². The fourth-order valence-electron chi connectivity index (χ4n) is 3.88. The van der Waals surface area contributed by atoms with Crippen molar-refractivity contribution in [1.82, 2.24) is 9.88 Å². The van der Waals surface area contributed by atoms with E-state index in [9.17, 15) is 23.1 Å². The summed E-state index contributed by atoms with van der Waals surface area (Å²) in [7, 11) is 0. The highest BCUT2D eigenvalue weighted by Crippen LogP contribution is 2.32. The minimum absolute atomic E-state index is 0.127. The second-order valence-corrected chi connectivity index (χ2v) is 7.93. The highest BCUT2D eigenvalue weighted by molar-refractivity contribution is 5.73. The molecule has 1 aromatic heterocycles. The average Bonchev–Trinajstić information content (AvgIpc) is 3.44. The molecule has 3 aromatic rings. The van der Waals surface area contributed by atoms with Gasteiger partial charge in [-0.2, -0.15) is 13.2 Å². The van der Waals surface area contributed by atoms with E-state index < -0.39 is 23.8 Å². The van der Waals surface area contributed by atoms with E-state index in [1.807, 2.05) is 29.2 Å². The first-order valence-electron chi connectivity index (χ1n) is 10.6. The Morgan fingerprint density at radius 2 is 2.00 bits per heavy atom. The minimum Gasteiger partial charge on any atom is -0.493 e. The summed E-state index contributed by atoms with van der Waals surface area (Å²) < 4.78 is 49.8. The number of oxazole rings is 1. The second kappa shape index (κ2) is 9.66. The maximum Gasteiger partial charge on any atom is 0.416 e. The molecule has 2 aromatic carbocycles. The summed E-state index contributed by atoms with van der Waals surface area (Å²) in [6.07, 6.45) is -1.03. The third kappa shape index (κ3) is 5.73. The number of benzene rings is 2. The van der Waals surface area contributed by atoms with E-state index in [-0.39, 0.29) is 11.5 Å². The van der Waals surface area contributed by atoms with Crippen LogP contribution >= 0.6 is 0 Å².